The van der Waals surface area contributed by atoms with Gasteiger partial charge in [-0.1, -0.05) is 0 Å². The van der Waals surface area contributed by atoms with Crippen LogP contribution in [0.5, 0.6) is 0 Å². The van der Waals surface area contributed by atoms with Crippen LogP contribution in [0.2, 0.25) is 0 Å². The summed E-state index contributed by atoms with van der Waals surface area (Å²) in [5, 5.41) is 18.7. The maximum Gasteiger partial charge on any atom is 0.366 e. The number of hydrogen-bond donors (Lipinski definition) is 1. The van der Waals surface area contributed by atoms with Gasteiger partial charge in [-0.15, -0.1) is 0 Å². The highest BCUT2D eigenvalue weighted by atomic mass is 19.3. The molecule has 0 fully saturated rings. The van der Waals surface area contributed by atoms with Gasteiger partial charge in [0.15, 0.2) is 0 Å². The number of carboxylic acids is 1. The lowest BCUT2D eigenvalue weighted by molar-refractivity contribution is -0.390. The molecule has 1 heterocycles. The highest BCUT2D eigenvalue weighted by Crippen LogP contribution is 2.26. The van der Waals surface area contributed by atoms with E-state index in [4.69, 9.17) is 5.11 Å². The maximum atomic E-state index is 13.3. The number of aromatic nitrogens is 1. The minimum atomic E-state index is -3.29. The molecule has 9 heteroatoms. The molecule has 0 atom stereocenters. The van der Waals surface area contributed by atoms with E-state index in [0.717, 1.165) is 0 Å². The Bertz CT molecular complexity index is 478. The van der Waals surface area contributed by atoms with Crippen LogP contribution in [0.1, 0.15) is 17.7 Å². The van der Waals surface area contributed by atoms with Crippen LogP contribution in [0.25, 0.3) is 0 Å². The van der Waals surface area contributed by atoms with Crippen molar-refractivity contribution < 1.29 is 28.0 Å². The van der Waals surface area contributed by atoms with Gasteiger partial charge in [-0.2, -0.15) is 0 Å². The first kappa shape index (κ1) is 12.9. The van der Waals surface area contributed by atoms with Crippen molar-refractivity contribution in [2.75, 3.05) is 0 Å². The first-order chi connectivity index (χ1) is 7.82. The number of rotatable bonds is 4. The van der Waals surface area contributed by atoms with E-state index in [1.165, 1.54) is 0 Å². The molecule has 0 aliphatic carbocycles. The smallest absolute Gasteiger partial charge is 0.366 e. The van der Waals surface area contributed by atoms with E-state index in [1.54, 1.807) is 0 Å². The van der Waals surface area contributed by atoms with Crippen molar-refractivity contribution in [3.63, 3.8) is 0 Å². The van der Waals surface area contributed by atoms with Gasteiger partial charge in [-0.3, -0.25) is 4.79 Å². The van der Waals surface area contributed by atoms with Gasteiger partial charge in [0.05, 0.1) is 18.1 Å². The maximum absolute atomic E-state index is 13.3. The van der Waals surface area contributed by atoms with Gasteiger partial charge >= 0.3 is 18.2 Å². The Labute approximate surface area is 91.9 Å². The number of nitrogens with zero attached hydrogens (tertiary/aromatic N) is 2. The Balaban J connectivity index is 3.38. The van der Waals surface area contributed by atoms with E-state index in [-0.39, 0.29) is 0 Å². The highest BCUT2D eigenvalue weighted by molar-refractivity contribution is 5.70. The third kappa shape index (κ3) is 2.89. The summed E-state index contributed by atoms with van der Waals surface area (Å²) in [7, 11) is 0. The lowest BCUT2D eigenvalue weighted by Crippen LogP contribution is -2.10. The van der Waals surface area contributed by atoms with Crippen molar-refractivity contribution in [1.29, 1.82) is 0 Å². The number of halogens is 3. The quantitative estimate of drug-likeness (QED) is 0.648. The number of aliphatic carboxylic acids is 1. The molecule has 0 radical (unpaired) electrons. The SMILES string of the molecule is O=C(O)Cc1c(F)cc([N+](=O)[O-])nc1C(F)F. The number of hydrogen-bond acceptors (Lipinski definition) is 4. The van der Waals surface area contributed by atoms with Crippen molar-refractivity contribution >= 4 is 11.8 Å². The summed E-state index contributed by atoms with van der Waals surface area (Å²) in [6.07, 6.45) is -4.31. The van der Waals surface area contributed by atoms with Crippen molar-refractivity contribution in [2.45, 2.75) is 12.8 Å². The summed E-state index contributed by atoms with van der Waals surface area (Å²) >= 11 is 0. The minimum absolute atomic E-state index is 0.310. The third-order valence-corrected chi connectivity index (χ3v) is 1.81. The van der Waals surface area contributed by atoms with E-state index in [9.17, 15) is 28.1 Å². The van der Waals surface area contributed by atoms with Gasteiger partial charge in [0.25, 0.3) is 0 Å². The third-order valence-electron chi connectivity index (χ3n) is 1.81. The molecular formula is C8H5F3N2O4. The van der Waals surface area contributed by atoms with Crippen molar-refractivity contribution in [1.82, 2.24) is 4.98 Å². The van der Waals surface area contributed by atoms with E-state index in [2.05, 4.69) is 4.98 Å². The number of carboxylic acid groups (broad SMARTS) is 1. The fourth-order valence-corrected chi connectivity index (χ4v) is 1.15. The van der Waals surface area contributed by atoms with Crippen LogP contribution in [0.15, 0.2) is 6.07 Å². The predicted molar refractivity (Wildman–Crippen MR) is 47.1 cm³/mol. The Morgan fingerprint density at radius 2 is 2.18 bits per heavy atom. The van der Waals surface area contributed by atoms with E-state index < -0.39 is 46.6 Å². The fraction of sp³-hybridized carbons (Fsp3) is 0.250. The summed E-state index contributed by atoms with van der Waals surface area (Å²) in [6.45, 7) is 0. The van der Waals surface area contributed by atoms with Gasteiger partial charge in [0, 0.05) is 0 Å². The Hall–Kier alpha value is -2.19. The molecule has 0 aliphatic rings. The molecule has 17 heavy (non-hydrogen) atoms. The van der Waals surface area contributed by atoms with Crippen molar-refractivity contribution in [3.05, 3.63) is 33.3 Å². The molecule has 1 N–H and O–H groups in total. The first-order valence-electron chi connectivity index (χ1n) is 4.16. The van der Waals surface area contributed by atoms with Crippen LogP contribution in [-0.4, -0.2) is 21.0 Å². The zero-order chi connectivity index (χ0) is 13.2. The molecule has 0 bridgehead atoms. The summed E-state index contributed by atoms with van der Waals surface area (Å²) < 4.78 is 38.2. The second-order valence-corrected chi connectivity index (χ2v) is 2.95. The summed E-state index contributed by atoms with van der Waals surface area (Å²) in [5.41, 5.74) is -2.07. The molecule has 0 saturated carbocycles. The fourth-order valence-electron chi connectivity index (χ4n) is 1.15. The van der Waals surface area contributed by atoms with Crippen molar-refractivity contribution in [3.8, 4) is 0 Å². The second kappa shape index (κ2) is 4.76. The molecule has 0 amide bonds. The van der Waals surface area contributed by atoms with E-state index in [0.29, 0.717) is 6.07 Å². The summed E-state index contributed by atoms with van der Waals surface area (Å²) in [5.74, 6) is -4.02. The Morgan fingerprint density at radius 3 is 2.59 bits per heavy atom. The number of carbonyl (C=O) groups is 1. The van der Waals surface area contributed by atoms with Gasteiger partial charge in [-0.05, 0) is 9.91 Å². The monoisotopic (exact) mass is 250 g/mol. The van der Waals surface area contributed by atoms with Crippen LogP contribution < -0.4 is 0 Å². The number of nitro groups is 1. The second-order valence-electron chi connectivity index (χ2n) is 2.95. The molecule has 1 aromatic heterocycles. The molecule has 0 spiro atoms. The van der Waals surface area contributed by atoms with Gasteiger partial charge in [-0.25, -0.2) is 13.2 Å². The molecule has 1 aromatic rings. The van der Waals surface area contributed by atoms with Crippen LogP contribution in [0.3, 0.4) is 0 Å². The lowest BCUT2D eigenvalue weighted by atomic mass is 10.1. The van der Waals surface area contributed by atoms with Crippen LogP contribution in [-0.2, 0) is 11.2 Å². The molecule has 92 valence electrons. The van der Waals surface area contributed by atoms with Gasteiger partial charge in [0.2, 0.25) is 5.69 Å². The van der Waals surface area contributed by atoms with E-state index in [1.807, 2.05) is 0 Å². The topological polar surface area (TPSA) is 93.3 Å². The highest BCUT2D eigenvalue weighted by Gasteiger charge is 2.28. The van der Waals surface area contributed by atoms with Crippen molar-refractivity contribution in [2.24, 2.45) is 0 Å². The summed E-state index contributed by atoms with van der Waals surface area (Å²) in [6, 6.07) is 0.310. The number of alkyl halides is 2. The molecule has 1 rings (SSSR count). The molecule has 6 nitrogen and oxygen atoms in total. The van der Waals surface area contributed by atoms with Crippen LogP contribution in [0.4, 0.5) is 19.0 Å². The zero-order valence-electron chi connectivity index (χ0n) is 8.06. The minimum Gasteiger partial charge on any atom is -0.481 e. The molecular weight excluding hydrogens is 245 g/mol. The average molecular weight is 250 g/mol. The predicted octanol–water partition coefficient (Wildman–Crippen LogP) is 1.69. The lowest BCUT2D eigenvalue weighted by Gasteiger charge is -2.03. The Kier molecular flexibility index (Phi) is 3.61. The molecule has 0 unspecified atom stereocenters. The van der Waals surface area contributed by atoms with E-state index >= 15 is 0 Å². The van der Waals surface area contributed by atoms with Gasteiger partial charge in [0.1, 0.15) is 5.82 Å². The largest absolute Gasteiger partial charge is 0.481 e. The average Bonchev–Trinajstić information content (AvgIpc) is 2.19. The molecule has 0 aliphatic heterocycles. The van der Waals surface area contributed by atoms with Gasteiger partial charge < -0.3 is 15.2 Å². The van der Waals surface area contributed by atoms with Crippen LogP contribution >= 0.6 is 0 Å². The first-order valence-corrected chi connectivity index (χ1v) is 4.16. The molecule has 0 saturated heterocycles. The Morgan fingerprint density at radius 1 is 1.59 bits per heavy atom. The molecule has 0 aromatic carbocycles. The zero-order valence-corrected chi connectivity index (χ0v) is 8.06. The normalized spacial score (nSPS) is 10.6. The van der Waals surface area contributed by atoms with Crippen LogP contribution in [0, 0.1) is 15.9 Å². The summed E-state index contributed by atoms with van der Waals surface area (Å²) in [4.78, 5) is 22.4. The number of pyridine rings is 1. The standard InChI is InChI=1S/C8H5F3N2O4/c9-4-2-5(13(16)17)12-7(8(10)11)3(4)1-6(14)15/h2,8H,1H2,(H,14,15).